The van der Waals surface area contributed by atoms with Crippen molar-refractivity contribution in [3.8, 4) is 0 Å². The Bertz CT molecular complexity index is 856. The zero-order chi connectivity index (χ0) is 15.5. The van der Waals surface area contributed by atoms with Gasteiger partial charge in [-0.05, 0) is 43.2 Å². The molecule has 1 N–H and O–H groups in total. The maximum absolute atomic E-state index is 5.97. The van der Waals surface area contributed by atoms with Gasteiger partial charge in [-0.25, -0.2) is 0 Å². The van der Waals surface area contributed by atoms with Gasteiger partial charge in [0.2, 0.25) is 0 Å². The van der Waals surface area contributed by atoms with Crippen LogP contribution in [0.5, 0.6) is 0 Å². The Balaban J connectivity index is 1.92. The van der Waals surface area contributed by atoms with Gasteiger partial charge < -0.3 is 0 Å². The Kier molecular flexibility index (Phi) is 4.07. The zero-order valence-corrected chi connectivity index (χ0v) is 13.2. The molecule has 110 valence electrons. The van der Waals surface area contributed by atoms with Crippen molar-refractivity contribution >= 4 is 34.4 Å². The molecule has 22 heavy (non-hydrogen) atoms. The number of anilines is 1. The summed E-state index contributed by atoms with van der Waals surface area (Å²) in [4.78, 5) is 4.60. The number of hydrogen-bond donors (Lipinski definition) is 1. The minimum Gasteiger partial charge on any atom is -0.278 e. The lowest BCUT2D eigenvalue weighted by atomic mass is 10.1. The maximum Gasteiger partial charge on any atom is 0.0755 e. The number of aromatic nitrogens is 1. The Morgan fingerprint density at radius 1 is 1.09 bits per heavy atom. The molecular formula is C18H16ClN3. The number of hydrogen-bond acceptors (Lipinski definition) is 3. The van der Waals surface area contributed by atoms with E-state index in [9.17, 15) is 0 Å². The largest absolute Gasteiger partial charge is 0.278 e. The van der Waals surface area contributed by atoms with E-state index >= 15 is 0 Å². The second-order valence-electron chi connectivity index (χ2n) is 5.21. The van der Waals surface area contributed by atoms with Gasteiger partial charge in [-0.2, -0.15) is 5.10 Å². The summed E-state index contributed by atoms with van der Waals surface area (Å²) in [6.07, 6.45) is 1.75. The number of nitrogens with zero attached hydrogens (tertiary/aromatic N) is 2. The Labute approximate surface area is 134 Å². The highest BCUT2D eigenvalue weighted by Gasteiger charge is 2.05. The van der Waals surface area contributed by atoms with E-state index in [-0.39, 0.29) is 0 Å². The van der Waals surface area contributed by atoms with Crippen molar-refractivity contribution in [3.05, 3.63) is 70.4 Å². The summed E-state index contributed by atoms with van der Waals surface area (Å²) in [6, 6.07) is 15.7. The first-order valence-corrected chi connectivity index (χ1v) is 7.43. The summed E-state index contributed by atoms with van der Waals surface area (Å²) in [5.41, 5.74) is 8.13. The molecule has 0 bridgehead atoms. The van der Waals surface area contributed by atoms with Crippen LogP contribution < -0.4 is 5.43 Å². The van der Waals surface area contributed by atoms with Crippen molar-refractivity contribution in [2.45, 2.75) is 13.8 Å². The molecule has 0 atom stereocenters. The molecule has 0 aliphatic rings. The number of para-hydroxylation sites is 1. The fourth-order valence-electron chi connectivity index (χ4n) is 2.38. The molecule has 0 amide bonds. The molecule has 3 rings (SSSR count). The monoisotopic (exact) mass is 309 g/mol. The number of aryl methyl sites for hydroxylation is 2. The molecule has 0 aliphatic heterocycles. The van der Waals surface area contributed by atoms with Gasteiger partial charge in [0.05, 0.1) is 17.4 Å². The quantitative estimate of drug-likeness (QED) is 0.549. The highest BCUT2D eigenvalue weighted by Crippen LogP contribution is 2.25. The molecule has 0 radical (unpaired) electrons. The van der Waals surface area contributed by atoms with Crippen molar-refractivity contribution < 1.29 is 0 Å². The van der Waals surface area contributed by atoms with Gasteiger partial charge in [0, 0.05) is 16.1 Å². The van der Waals surface area contributed by atoms with Crippen LogP contribution in [0.25, 0.3) is 10.9 Å². The fourth-order valence-corrected chi connectivity index (χ4v) is 2.57. The number of fused-ring (bicyclic) bond motifs is 1. The normalized spacial score (nSPS) is 11.2. The summed E-state index contributed by atoms with van der Waals surface area (Å²) in [5.74, 6) is 0. The summed E-state index contributed by atoms with van der Waals surface area (Å²) < 4.78 is 0. The highest BCUT2D eigenvalue weighted by molar-refractivity contribution is 6.30. The lowest BCUT2D eigenvalue weighted by Gasteiger charge is -2.08. The average Bonchev–Trinajstić information content (AvgIpc) is 2.48. The van der Waals surface area contributed by atoms with Gasteiger partial charge in [-0.15, -0.1) is 0 Å². The fraction of sp³-hybridized carbons (Fsp3) is 0.111. The summed E-state index contributed by atoms with van der Waals surface area (Å²) in [7, 11) is 0. The lowest BCUT2D eigenvalue weighted by molar-refractivity contribution is 1.23. The first-order chi connectivity index (χ1) is 10.6. The Hall–Kier alpha value is -2.39. The number of benzene rings is 2. The van der Waals surface area contributed by atoms with Crippen LogP contribution in [0.15, 0.2) is 53.6 Å². The maximum atomic E-state index is 5.97. The van der Waals surface area contributed by atoms with E-state index < -0.39 is 0 Å². The smallest absolute Gasteiger partial charge is 0.0755 e. The van der Waals surface area contributed by atoms with E-state index in [0.29, 0.717) is 5.02 Å². The van der Waals surface area contributed by atoms with Gasteiger partial charge in [-0.3, -0.25) is 10.4 Å². The molecule has 3 nitrogen and oxygen atoms in total. The van der Waals surface area contributed by atoms with Crippen LogP contribution in [0.4, 0.5) is 5.69 Å². The summed E-state index contributed by atoms with van der Waals surface area (Å²) in [6.45, 7) is 4.05. The summed E-state index contributed by atoms with van der Waals surface area (Å²) in [5, 5.41) is 6.08. The molecule has 0 fully saturated rings. The first kappa shape index (κ1) is 14.5. The van der Waals surface area contributed by atoms with Crippen LogP contribution in [0.3, 0.4) is 0 Å². The van der Waals surface area contributed by atoms with Gasteiger partial charge in [0.15, 0.2) is 0 Å². The molecule has 4 heteroatoms. The van der Waals surface area contributed by atoms with E-state index in [1.807, 2.05) is 49.4 Å². The molecule has 0 saturated carbocycles. The predicted octanol–water partition coefficient (Wildman–Crippen LogP) is 4.95. The topological polar surface area (TPSA) is 37.3 Å². The second-order valence-corrected chi connectivity index (χ2v) is 5.64. The Morgan fingerprint density at radius 2 is 1.91 bits per heavy atom. The molecule has 2 aromatic carbocycles. The van der Waals surface area contributed by atoms with Crippen molar-refractivity contribution in [1.29, 1.82) is 0 Å². The SMILES string of the molecule is Cc1cc(N/N=C\c2cccc(Cl)c2)c2cccc(C)c2n1. The molecule has 0 saturated heterocycles. The van der Waals surface area contributed by atoms with Gasteiger partial charge in [0.1, 0.15) is 0 Å². The van der Waals surface area contributed by atoms with E-state index in [4.69, 9.17) is 11.6 Å². The molecule has 3 aromatic rings. The van der Waals surface area contributed by atoms with E-state index in [1.165, 1.54) is 0 Å². The molecule has 0 aliphatic carbocycles. The van der Waals surface area contributed by atoms with Gasteiger partial charge >= 0.3 is 0 Å². The first-order valence-electron chi connectivity index (χ1n) is 7.05. The van der Waals surface area contributed by atoms with E-state index in [2.05, 4.69) is 28.5 Å². The Morgan fingerprint density at radius 3 is 2.73 bits per heavy atom. The van der Waals surface area contributed by atoms with Crippen molar-refractivity contribution in [2.75, 3.05) is 5.43 Å². The molecule has 1 heterocycles. The molecular weight excluding hydrogens is 294 g/mol. The second kappa shape index (κ2) is 6.16. The van der Waals surface area contributed by atoms with Crippen molar-refractivity contribution in [2.24, 2.45) is 5.10 Å². The van der Waals surface area contributed by atoms with Crippen LogP contribution in [-0.4, -0.2) is 11.2 Å². The minimum atomic E-state index is 0.699. The average molecular weight is 310 g/mol. The highest BCUT2D eigenvalue weighted by atomic mass is 35.5. The number of halogens is 1. The third-order valence-electron chi connectivity index (χ3n) is 3.42. The van der Waals surface area contributed by atoms with Crippen molar-refractivity contribution in [3.63, 3.8) is 0 Å². The molecule has 0 unspecified atom stereocenters. The van der Waals surface area contributed by atoms with Crippen molar-refractivity contribution in [1.82, 2.24) is 4.98 Å². The summed E-state index contributed by atoms with van der Waals surface area (Å²) >= 11 is 5.97. The van der Waals surface area contributed by atoms with Gasteiger partial charge in [0.25, 0.3) is 0 Å². The third-order valence-corrected chi connectivity index (χ3v) is 3.65. The molecule has 1 aromatic heterocycles. The number of nitrogens with one attached hydrogen (secondary N) is 1. The van der Waals surface area contributed by atoms with Crippen LogP contribution in [0, 0.1) is 13.8 Å². The van der Waals surface area contributed by atoms with Crippen LogP contribution in [0.2, 0.25) is 5.02 Å². The third kappa shape index (κ3) is 3.10. The number of pyridine rings is 1. The molecule has 0 spiro atoms. The van der Waals surface area contributed by atoms with Crippen LogP contribution >= 0.6 is 11.6 Å². The van der Waals surface area contributed by atoms with Crippen LogP contribution in [-0.2, 0) is 0 Å². The standard InChI is InChI=1S/C18H16ClN3/c1-12-5-3-8-16-17(9-13(2)21-18(12)16)22-20-11-14-6-4-7-15(19)10-14/h3-11H,1-2H3,(H,21,22)/b20-11-. The predicted molar refractivity (Wildman–Crippen MR) is 93.9 cm³/mol. The minimum absolute atomic E-state index is 0.699. The van der Waals surface area contributed by atoms with E-state index in [0.717, 1.165) is 33.4 Å². The van der Waals surface area contributed by atoms with E-state index in [1.54, 1.807) is 6.21 Å². The number of hydrazone groups is 1. The zero-order valence-electron chi connectivity index (χ0n) is 12.5. The lowest BCUT2D eigenvalue weighted by Crippen LogP contribution is -1.95. The number of rotatable bonds is 3. The van der Waals surface area contributed by atoms with Crippen LogP contribution in [0.1, 0.15) is 16.8 Å². The van der Waals surface area contributed by atoms with Gasteiger partial charge in [-0.1, -0.05) is 41.9 Å².